The zero-order valence-electron chi connectivity index (χ0n) is 48.9. The molecule has 0 aromatic rings. The second kappa shape index (κ2) is 61.9. The van der Waals surface area contributed by atoms with Crippen LogP contribution in [0.4, 0.5) is 0 Å². The summed E-state index contributed by atoms with van der Waals surface area (Å²) in [4.78, 5) is 38.3. The fourth-order valence-corrected chi connectivity index (χ4v) is 9.47. The lowest BCUT2D eigenvalue weighted by molar-refractivity contribution is -0.167. The molecule has 0 aromatic heterocycles. The topological polar surface area (TPSA) is 78.9 Å². The molecule has 0 aromatic carbocycles. The molecule has 0 saturated heterocycles. The second-order valence-corrected chi connectivity index (χ2v) is 21.7. The first kappa shape index (κ1) is 70.4. The van der Waals surface area contributed by atoms with Crippen molar-refractivity contribution >= 4 is 17.9 Å². The van der Waals surface area contributed by atoms with Crippen molar-refractivity contribution in [2.24, 2.45) is 0 Å². The van der Waals surface area contributed by atoms with Crippen molar-refractivity contribution in [3.05, 3.63) is 48.6 Å². The van der Waals surface area contributed by atoms with Crippen LogP contribution in [0.5, 0.6) is 0 Å². The van der Waals surface area contributed by atoms with Gasteiger partial charge < -0.3 is 14.2 Å². The largest absolute Gasteiger partial charge is 0.462 e. The molecule has 0 radical (unpaired) electrons. The Labute approximate surface area is 454 Å². The number of unbranched alkanes of at least 4 members (excludes halogenated alkanes) is 41. The van der Waals surface area contributed by atoms with Gasteiger partial charge >= 0.3 is 17.9 Å². The lowest BCUT2D eigenvalue weighted by atomic mass is 10.0. The highest BCUT2D eigenvalue weighted by Crippen LogP contribution is 2.17. The third-order valence-corrected chi connectivity index (χ3v) is 14.3. The van der Waals surface area contributed by atoms with Gasteiger partial charge in [-0.1, -0.05) is 294 Å². The maximum atomic E-state index is 12.9. The van der Waals surface area contributed by atoms with Crippen LogP contribution in [0.25, 0.3) is 0 Å². The SMILES string of the molecule is CCCCC/C=C\C=C/CCCCCCCCCCCCC(=O)OCC(COC(=O)CCCCCCCCC/C=C\C/C=C\CCCCC)OC(=O)CCCCCCCCCCCCCCCCCCCCC. The fourth-order valence-electron chi connectivity index (χ4n) is 9.47. The van der Waals surface area contributed by atoms with Gasteiger partial charge in [-0.05, 0) is 77.0 Å². The summed E-state index contributed by atoms with van der Waals surface area (Å²) in [5.74, 6) is -0.862. The van der Waals surface area contributed by atoms with Gasteiger partial charge in [0.05, 0.1) is 0 Å². The van der Waals surface area contributed by atoms with E-state index in [0.717, 1.165) is 70.6 Å². The van der Waals surface area contributed by atoms with Crippen molar-refractivity contribution in [2.45, 2.75) is 348 Å². The maximum Gasteiger partial charge on any atom is 0.306 e. The first-order valence-electron chi connectivity index (χ1n) is 32.2. The molecule has 0 saturated carbocycles. The second-order valence-electron chi connectivity index (χ2n) is 21.7. The summed E-state index contributed by atoms with van der Waals surface area (Å²) in [7, 11) is 0. The third kappa shape index (κ3) is 60.1. The molecule has 0 heterocycles. The summed E-state index contributed by atoms with van der Waals surface area (Å²) in [6.07, 6.45) is 76.8. The molecule has 426 valence electrons. The Bertz CT molecular complexity index is 1270. The number of ether oxygens (including phenoxy) is 3. The molecule has 0 aliphatic carbocycles. The van der Waals surface area contributed by atoms with E-state index in [-0.39, 0.29) is 31.1 Å². The van der Waals surface area contributed by atoms with Crippen LogP contribution in [-0.4, -0.2) is 37.2 Å². The van der Waals surface area contributed by atoms with Gasteiger partial charge in [0.15, 0.2) is 6.10 Å². The van der Waals surface area contributed by atoms with Crippen LogP contribution >= 0.6 is 0 Å². The van der Waals surface area contributed by atoms with E-state index in [1.165, 1.54) is 231 Å². The van der Waals surface area contributed by atoms with Gasteiger partial charge in [0.1, 0.15) is 13.2 Å². The van der Waals surface area contributed by atoms with E-state index in [1.807, 2.05) is 0 Å². The third-order valence-electron chi connectivity index (χ3n) is 14.3. The lowest BCUT2D eigenvalue weighted by Crippen LogP contribution is -2.30. The molecule has 1 atom stereocenters. The van der Waals surface area contributed by atoms with Crippen LogP contribution in [0.15, 0.2) is 48.6 Å². The van der Waals surface area contributed by atoms with E-state index in [9.17, 15) is 14.4 Å². The minimum atomic E-state index is -0.777. The molecule has 0 aliphatic rings. The quantitative estimate of drug-likeness (QED) is 0.0199. The summed E-state index contributed by atoms with van der Waals surface area (Å²) in [5, 5.41) is 0. The molecule has 0 bridgehead atoms. The van der Waals surface area contributed by atoms with Crippen LogP contribution in [0, 0.1) is 0 Å². The van der Waals surface area contributed by atoms with Crippen molar-refractivity contribution in [3.63, 3.8) is 0 Å². The van der Waals surface area contributed by atoms with Crippen molar-refractivity contribution in [3.8, 4) is 0 Å². The number of hydrogen-bond donors (Lipinski definition) is 0. The van der Waals surface area contributed by atoms with Crippen LogP contribution in [-0.2, 0) is 28.6 Å². The molecule has 0 amide bonds. The Balaban J connectivity index is 4.35. The zero-order valence-corrected chi connectivity index (χ0v) is 48.9. The molecular weight excluding hydrogens is 901 g/mol. The highest BCUT2D eigenvalue weighted by atomic mass is 16.6. The lowest BCUT2D eigenvalue weighted by Gasteiger charge is -2.18. The summed E-state index contributed by atoms with van der Waals surface area (Å²) >= 11 is 0. The van der Waals surface area contributed by atoms with E-state index in [2.05, 4.69) is 69.4 Å². The van der Waals surface area contributed by atoms with Gasteiger partial charge in [-0.25, -0.2) is 0 Å². The predicted octanol–water partition coefficient (Wildman–Crippen LogP) is 21.8. The minimum absolute atomic E-state index is 0.0739. The Morgan fingerprint density at radius 2 is 0.534 bits per heavy atom. The average Bonchev–Trinajstić information content (AvgIpc) is 3.39. The van der Waals surface area contributed by atoms with Crippen LogP contribution in [0.1, 0.15) is 342 Å². The van der Waals surface area contributed by atoms with Crippen molar-refractivity contribution in [1.82, 2.24) is 0 Å². The summed E-state index contributed by atoms with van der Waals surface area (Å²) < 4.78 is 17.0. The Morgan fingerprint density at radius 3 is 0.863 bits per heavy atom. The molecule has 6 heteroatoms. The van der Waals surface area contributed by atoms with Crippen LogP contribution in [0.2, 0.25) is 0 Å². The number of rotatable bonds is 59. The van der Waals surface area contributed by atoms with E-state index in [0.29, 0.717) is 19.3 Å². The molecule has 0 spiro atoms. The van der Waals surface area contributed by atoms with Gasteiger partial charge in [0.25, 0.3) is 0 Å². The predicted molar refractivity (Wildman–Crippen MR) is 316 cm³/mol. The maximum absolute atomic E-state index is 12.9. The van der Waals surface area contributed by atoms with Gasteiger partial charge in [0.2, 0.25) is 0 Å². The molecule has 1 unspecified atom stereocenters. The van der Waals surface area contributed by atoms with E-state index in [1.54, 1.807) is 0 Å². The molecule has 73 heavy (non-hydrogen) atoms. The highest BCUT2D eigenvalue weighted by molar-refractivity contribution is 5.71. The molecule has 0 rings (SSSR count). The Morgan fingerprint density at radius 1 is 0.288 bits per heavy atom. The van der Waals surface area contributed by atoms with E-state index in [4.69, 9.17) is 14.2 Å². The van der Waals surface area contributed by atoms with Crippen molar-refractivity contribution in [1.29, 1.82) is 0 Å². The molecular formula is C67H122O6. The summed E-state index contributed by atoms with van der Waals surface area (Å²) in [6.45, 7) is 6.64. The van der Waals surface area contributed by atoms with E-state index >= 15 is 0 Å². The van der Waals surface area contributed by atoms with Gasteiger partial charge in [-0.2, -0.15) is 0 Å². The number of hydrogen-bond acceptors (Lipinski definition) is 6. The Hall–Kier alpha value is -2.63. The normalized spacial score (nSPS) is 12.3. The first-order chi connectivity index (χ1) is 36.0. The Kier molecular flexibility index (Phi) is 59.7. The fraction of sp³-hybridized carbons (Fsp3) is 0.836. The summed E-state index contributed by atoms with van der Waals surface area (Å²) in [6, 6.07) is 0. The van der Waals surface area contributed by atoms with Gasteiger partial charge in [0, 0.05) is 19.3 Å². The van der Waals surface area contributed by atoms with E-state index < -0.39 is 6.10 Å². The van der Waals surface area contributed by atoms with Crippen molar-refractivity contribution < 1.29 is 28.6 Å². The number of carbonyl (C=O) groups is 3. The first-order valence-corrected chi connectivity index (χ1v) is 32.2. The van der Waals surface area contributed by atoms with Gasteiger partial charge in [-0.3, -0.25) is 14.4 Å². The monoisotopic (exact) mass is 1020 g/mol. The smallest absolute Gasteiger partial charge is 0.306 e. The van der Waals surface area contributed by atoms with Crippen LogP contribution < -0.4 is 0 Å². The molecule has 0 aliphatic heterocycles. The standard InChI is InChI=1S/C67H122O6/c1-4-7-10-13-16-19-22-25-28-31-33-36-39-42-45-48-51-54-57-60-66(69)72-63-64(62-71-65(68)59-56-53-50-47-44-41-38-35-30-27-24-21-18-15-12-9-6-3)73-67(70)61-58-55-52-49-46-43-40-37-34-32-29-26-23-20-17-14-11-8-5-2/h16,18-19,21-22,25,27,30,64H,4-15,17,20,23-24,26,28-29,31-63H2,1-3H3/b19-16-,21-18-,25-22-,30-27-. The number of allylic oxidation sites excluding steroid dienone is 8. The number of esters is 3. The molecule has 0 N–H and O–H groups in total. The molecule has 0 fully saturated rings. The van der Waals surface area contributed by atoms with Crippen molar-refractivity contribution in [2.75, 3.05) is 13.2 Å². The summed E-state index contributed by atoms with van der Waals surface area (Å²) in [5.41, 5.74) is 0. The van der Waals surface area contributed by atoms with Gasteiger partial charge in [-0.15, -0.1) is 0 Å². The van der Waals surface area contributed by atoms with Crippen LogP contribution in [0.3, 0.4) is 0 Å². The highest BCUT2D eigenvalue weighted by Gasteiger charge is 2.19. The molecule has 6 nitrogen and oxygen atoms in total. The minimum Gasteiger partial charge on any atom is -0.462 e. The average molecular weight is 1020 g/mol. The number of carbonyl (C=O) groups excluding carboxylic acids is 3. The zero-order chi connectivity index (χ0) is 52.9.